The average molecular weight is 418 g/mol. The normalized spacial score (nSPS) is 10.2. The van der Waals surface area contributed by atoms with Crippen molar-refractivity contribution in [3.63, 3.8) is 0 Å². The molecular weight excluding hydrogens is 411 g/mol. The van der Waals surface area contributed by atoms with Crippen LogP contribution >= 0.6 is 31.9 Å². The topological polar surface area (TPSA) is 79.3 Å². The maximum absolute atomic E-state index is 12.8. The number of carboxylic acid groups (broad SMARTS) is 1. The standard InChI is InChI=1S/C13H7Br2FN2O3/c14-6-3-8(13(20)21)11(9(15)4-6)18-12(19)10-2-1-7(16)5-17-10/h1-5H,(H,18,19)(H,20,21). The molecule has 0 unspecified atom stereocenters. The Balaban J connectivity index is 2.37. The van der Waals surface area contributed by atoms with E-state index in [1.54, 1.807) is 6.07 Å². The fourth-order valence-electron chi connectivity index (χ4n) is 1.56. The van der Waals surface area contributed by atoms with E-state index in [-0.39, 0.29) is 16.9 Å². The number of rotatable bonds is 3. The molecule has 0 aliphatic rings. The van der Waals surface area contributed by atoms with Gasteiger partial charge in [-0.3, -0.25) is 4.79 Å². The molecule has 21 heavy (non-hydrogen) atoms. The lowest BCUT2D eigenvalue weighted by atomic mass is 10.1. The maximum atomic E-state index is 12.8. The molecule has 0 spiro atoms. The first-order valence-corrected chi connectivity index (χ1v) is 7.12. The van der Waals surface area contributed by atoms with Crippen molar-refractivity contribution < 1.29 is 19.1 Å². The van der Waals surface area contributed by atoms with Gasteiger partial charge in [-0.25, -0.2) is 14.2 Å². The van der Waals surface area contributed by atoms with Gasteiger partial charge in [0.2, 0.25) is 0 Å². The molecule has 0 radical (unpaired) electrons. The highest BCUT2D eigenvalue weighted by molar-refractivity contribution is 9.11. The third-order valence-corrected chi connectivity index (χ3v) is 3.57. The third kappa shape index (κ3) is 3.64. The molecule has 5 nitrogen and oxygen atoms in total. The lowest BCUT2D eigenvalue weighted by molar-refractivity contribution is 0.0698. The predicted octanol–water partition coefficient (Wildman–Crippen LogP) is 3.70. The molecule has 0 fully saturated rings. The van der Waals surface area contributed by atoms with E-state index < -0.39 is 17.7 Å². The number of nitrogens with one attached hydrogen (secondary N) is 1. The van der Waals surface area contributed by atoms with Gasteiger partial charge in [-0.05, 0) is 40.2 Å². The van der Waals surface area contributed by atoms with Crippen LogP contribution in [0.2, 0.25) is 0 Å². The summed E-state index contributed by atoms with van der Waals surface area (Å²) in [6.07, 6.45) is 0.906. The second kappa shape index (κ2) is 6.31. The van der Waals surface area contributed by atoms with Crippen molar-refractivity contribution in [3.05, 3.63) is 56.5 Å². The van der Waals surface area contributed by atoms with Gasteiger partial charge in [-0.1, -0.05) is 15.9 Å². The maximum Gasteiger partial charge on any atom is 0.337 e. The van der Waals surface area contributed by atoms with Gasteiger partial charge in [0.1, 0.15) is 11.5 Å². The van der Waals surface area contributed by atoms with E-state index in [2.05, 4.69) is 42.2 Å². The lowest BCUT2D eigenvalue weighted by Crippen LogP contribution is -2.16. The number of amides is 1. The molecule has 0 aliphatic carbocycles. The van der Waals surface area contributed by atoms with Crippen molar-refractivity contribution in [3.8, 4) is 0 Å². The number of hydrogen-bond acceptors (Lipinski definition) is 3. The molecule has 0 saturated heterocycles. The smallest absolute Gasteiger partial charge is 0.337 e. The van der Waals surface area contributed by atoms with Crippen LogP contribution in [0.1, 0.15) is 20.8 Å². The number of nitrogens with zero attached hydrogens (tertiary/aromatic N) is 1. The summed E-state index contributed by atoms with van der Waals surface area (Å²) in [7, 11) is 0. The second-order valence-corrected chi connectivity index (χ2v) is 5.70. The third-order valence-electron chi connectivity index (χ3n) is 2.48. The highest BCUT2D eigenvalue weighted by atomic mass is 79.9. The van der Waals surface area contributed by atoms with E-state index in [0.29, 0.717) is 8.95 Å². The first kappa shape index (κ1) is 15.6. The number of carboxylic acids is 1. The average Bonchev–Trinajstić information content (AvgIpc) is 2.41. The molecule has 0 atom stereocenters. The summed E-state index contributed by atoms with van der Waals surface area (Å²) < 4.78 is 13.7. The van der Waals surface area contributed by atoms with Crippen LogP contribution in [0.5, 0.6) is 0 Å². The Hall–Kier alpha value is -1.80. The summed E-state index contributed by atoms with van der Waals surface area (Å²) in [5, 5.41) is 11.6. The van der Waals surface area contributed by atoms with Gasteiger partial charge in [0.05, 0.1) is 17.4 Å². The Labute approximate surface area is 135 Å². The SMILES string of the molecule is O=C(Nc1c(Br)cc(Br)cc1C(=O)O)c1ccc(F)cn1. The number of carbonyl (C=O) groups excluding carboxylic acids is 1. The minimum Gasteiger partial charge on any atom is -0.478 e. The van der Waals surface area contributed by atoms with Crippen molar-refractivity contribution in [1.29, 1.82) is 0 Å². The largest absolute Gasteiger partial charge is 0.478 e. The fourth-order valence-corrected chi connectivity index (χ4v) is 2.88. The van der Waals surface area contributed by atoms with Crippen LogP contribution in [-0.2, 0) is 0 Å². The van der Waals surface area contributed by atoms with Crippen LogP contribution in [0, 0.1) is 5.82 Å². The summed E-state index contributed by atoms with van der Waals surface area (Å²) in [6, 6.07) is 5.26. The molecular formula is C13H7Br2FN2O3. The zero-order valence-electron chi connectivity index (χ0n) is 10.2. The molecule has 0 saturated carbocycles. The van der Waals surface area contributed by atoms with Gasteiger partial charge in [0.25, 0.3) is 5.91 Å². The molecule has 1 amide bonds. The summed E-state index contributed by atoms with van der Waals surface area (Å²) in [5.41, 5.74) is -0.0175. The van der Waals surface area contributed by atoms with Gasteiger partial charge in [0.15, 0.2) is 0 Å². The zero-order chi connectivity index (χ0) is 15.6. The van der Waals surface area contributed by atoms with Crippen molar-refractivity contribution in [1.82, 2.24) is 4.98 Å². The van der Waals surface area contributed by atoms with Crippen molar-refractivity contribution >= 4 is 49.4 Å². The van der Waals surface area contributed by atoms with Crippen LogP contribution in [-0.4, -0.2) is 22.0 Å². The van der Waals surface area contributed by atoms with E-state index >= 15 is 0 Å². The molecule has 0 bridgehead atoms. The van der Waals surface area contributed by atoms with E-state index in [9.17, 15) is 19.1 Å². The number of hydrogen-bond donors (Lipinski definition) is 2. The fraction of sp³-hybridized carbons (Fsp3) is 0. The van der Waals surface area contributed by atoms with E-state index in [1.165, 1.54) is 12.1 Å². The number of aromatic carboxylic acids is 1. The van der Waals surface area contributed by atoms with Crippen molar-refractivity contribution in [2.75, 3.05) is 5.32 Å². The summed E-state index contributed by atoms with van der Waals surface area (Å²) in [5.74, 6) is -2.40. The first-order valence-electron chi connectivity index (χ1n) is 5.53. The van der Waals surface area contributed by atoms with E-state index in [1.807, 2.05) is 0 Å². The van der Waals surface area contributed by atoms with Crippen molar-refractivity contribution in [2.24, 2.45) is 0 Å². The molecule has 108 valence electrons. The van der Waals surface area contributed by atoms with Gasteiger partial charge in [0, 0.05) is 8.95 Å². The summed E-state index contributed by atoms with van der Waals surface area (Å²) in [4.78, 5) is 26.9. The summed E-state index contributed by atoms with van der Waals surface area (Å²) >= 11 is 6.36. The minimum absolute atomic E-state index is 0.0254. The molecule has 1 aromatic carbocycles. The van der Waals surface area contributed by atoms with Gasteiger partial charge < -0.3 is 10.4 Å². The zero-order valence-corrected chi connectivity index (χ0v) is 13.4. The number of aromatic nitrogens is 1. The minimum atomic E-state index is -1.20. The van der Waals surface area contributed by atoms with E-state index in [0.717, 1.165) is 12.3 Å². The van der Waals surface area contributed by atoms with Crippen molar-refractivity contribution in [2.45, 2.75) is 0 Å². The number of carbonyl (C=O) groups is 2. The Bertz CT molecular complexity index is 720. The number of pyridine rings is 1. The van der Waals surface area contributed by atoms with Crippen LogP contribution in [0.3, 0.4) is 0 Å². The van der Waals surface area contributed by atoms with E-state index in [4.69, 9.17) is 0 Å². The Kier molecular flexibility index (Phi) is 4.69. The molecule has 1 heterocycles. The van der Waals surface area contributed by atoms with Gasteiger partial charge >= 0.3 is 5.97 Å². The van der Waals surface area contributed by atoms with Crippen LogP contribution in [0.15, 0.2) is 39.4 Å². The van der Waals surface area contributed by atoms with Crippen LogP contribution in [0.25, 0.3) is 0 Å². The summed E-state index contributed by atoms with van der Waals surface area (Å²) in [6.45, 7) is 0. The molecule has 2 rings (SSSR count). The molecule has 2 aromatic rings. The molecule has 1 aromatic heterocycles. The highest BCUT2D eigenvalue weighted by Gasteiger charge is 2.18. The highest BCUT2D eigenvalue weighted by Crippen LogP contribution is 2.31. The number of anilines is 1. The Morgan fingerprint density at radius 2 is 1.95 bits per heavy atom. The first-order chi connectivity index (χ1) is 9.88. The number of benzene rings is 1. The second-order valence-electron chi connectivity index (χ2n) is 3.93. The Morgan fingerprint density at radius 1 is 1.24 bits per heavy atom. The van der Waals surface area contributed by atoms with Crippen LogP contribution in [0.4, 0.5) is 10.1 Å². The molecule has 2 N–H and O–H groups in total. The van der Waals surface area contributed by atoms with Gasteiger partial charge in [-0.2, -0.15) is 0 Å². The monoisotopic (exact) mass is 416 g/mol. The quantitative estimate of drug-likeness (QED) is 0.797. The van der Waals surface area contributed by atoms with Crippen LogP contribution < -0.4 is 5.32 Å². The predicted molar refractivity (Wildman–Crippen MR) is 80.9 cm³/mol. The molecule has 0 aliphatic heterocycles. The number of halogens is 3. The Morgan fingerprint density at radius 3 is 2.52 bits per heavy atom. The lowest BCUT2D eigenvalue weighted by Gasteiger charge is -2.11. The van der Waals surface area contributed by atoms with Gasteiger partial charge in [-0.15, -0.1) is 0 Å². The molecule has 8 heteroatoms.